The van der Waals surface area contributed by atoms with Gasteiger partial charge < -0.3 is 13.9 Å². The Hall–Kier alpha value is -3.79. The van der Waals surface area contributed by atoms with Crippen LogP contribution in [0.1, 0.15) is 35.0 Å². The Bertz CT molecular complexity index is 1450. The van der Waals surface area contributed by atoms with Gasteiger partial charge in [-0.05, 0) is 55.0 Å². The van der Waals surface area contributed by atoms with Crippen LogP contribution >= 0.6 is 11.3 Å². The molecule has 10 heteroatoms. The molecule has 2 amide bonds. The molecule has 4 heterocycles. The second-order valence-corrected chi connectivity index (χ2v) is 10.3. The minimum Gasteiger partial charge on any atom is -0.443 e. The van der Waals surface area contributed by atoms with Gasteiger partial charge in [0.25, 0.3) is 5.91 Å². The molecule has 1 aliphatic heterocycles. The Balaban J connectivity index is 1.28. The van der Waals surface area contributed by atoms with Gasteiger partial charge in [-0.3, -0.25) is 14.9 Å². The molecule has 0 atom stereocenters. The topological polar surface area (TPSA) is 93.3 Å². The number of likely N-dealkylation sites (tertiary alicyclic amines) is 1. The van der Waals surface area contributed by atoms with Gasteiger partial charge in [0.2, 0.25) is 11.9 Å². The summed E-state index contributed by atoms with van der Waals surface area (Å²) in [7, 11) is 0. The van der Waals surface area contributed by atoms with Crippen molar-refractivity contribution < 1.29 is 18.4 Å². The third-order valence-corrected chi connectivity index (χ3v) is 8.12. The molecule has 1 N–H and O–H groups in total. The van der Waals surface area contributed by atoms with Gasteiger partial charge in [0.15, 0.2) is 12.2 Å². The number of fused-ring (bicyclic) bond motifs is 1. The van der Waals surface area contributed by atoms with Crippen LogP contribution in [0.3, 0.4) is 0 Å². The number of amides is 2. The molecular weight excluding hydrogens is 469 g/mol. The number of thiophene rings is 1. The summed E-state index contributed by atoms with van der Waals surface area (Å²) in [6.07, 6.45) is 6.75. The lowest BCUT2D eigenvalue weighted by molar-refractivity contribution is -0.125. The zero-order chi connectivity index (χ0) is 24.2. The minimum atomic E-state index is -0.380. The maximum absolute atomic E-state index is 14.9. The van der Waals surface area contributed by atoms with E-state index in [4.69, 9.17) is 4.42 Å². The number of para-hydroxylation sites is 1. The Morgan fingerprint density at radius 1 is 1.29 bits per heavy atom. The summed E-state index contributed by atoms with van der Waals surface area (Å²) in [4.78, 5) is 36.7. The summed E-state index contributed by atoms with van der Waals surface area (Å²) >= 11 is 1.28. The second-order valence-electron chi connectivity index (χ2n) is 9.17. The number of imidazole rings is 1. The van der Waals surface area contributed by atoms with E-state index in [1.165, 1.54) is 29.9 Å². The number of nitrogens with zero attached hydrogens (tertiary/aromatic N) is 4. The van der Waals surface area contributed by atoms with Crippen LogP contribution in [0.25, 0.3) is 21.7 Å². The summed E-state index contributed by atoms with van der Waals surface area (Å²) in [5, 5.41) is 2.90. The molecule has 4 aromatic rings. The highest BCUT2D eigenvalue weighted by Crippen LogP contribution is 2.55. The fourth-order valence-corrected chi connectivity index (χ4v) is 6.21. The highest BCUT2D eigenvalue weighted by molar-refractivity contribution is 7.17. The lowest BCUT2D eigenvalue weighted by atomic mass is 9.64. The van der Waals surface area contributed by atoms with Gasteiger partial charge in [0.05, 0.1) is 21.5 Å². The lowest BCUT2D eigenvalue weighted by Crippen LogP contribution is -2.42. The van der Waals surface area contributed by atoms with Crippen LogP contribution in [0, 0.1) is 11.2 Å². The lowest BCUT2D eigenvalue weighted by Gasteiger charge is -2.46. The van der Waals surface area contributed by atoms with Crippen molar-refractivity contribution in [1.82, 2.24) is 19.4 Å². The monoisotopic (exact) mass is 491 g/mol. The summed E-state index contributed by atoms with van der Waals surface area (Å²) in [5.74, 6) is 0.147. The third kappa shape index (κ3) is 3.65. The van der Waals surface area contributed by atoms with Crippen molar-refractivity contribution in [2.24, 2.45) is 5.41 Å². The van der Waals surface area contributed by atoms with Crippen molar-refractivity contribution in [3.05, 3.63) is 66.3 Å². The van der Waals surface area contributed by atoms with E-state index in [9.17, 15) is 14.0 Å². The SMILES string of the molecule is C=CC(=O)N1CC[C@]2(C1)C[C@H](n1c(NC(=O)c3ccc(-c4cnco4)s3)nc3cccc(F)c31)C2. The molecule has 6 rings (SSSR count). The Morgan fingerprint density at radius 2 is 2.14 bits per heavy atom. The maximum atomic E-state index is 14.9. The Morgan fingerprint density at radius 3 is 2.91 bits per heavy atom. The standard InChI is InChI=1S/C25H22FN5O3S/c1-2-21(32)30-9-8-25(13-30)10-15(11-25)31-22-16(26)4-3-5-17(22)28-24(31)29-23(33)20-7-6-19(35-20)18-12-27-14-34-18/h2-7,12,14-15H,1,8-11,13H2,(H,28,29,33)/t15-,25-. The first-order valence-electron chi connectivity index (χ1n) is 11.3. The van der Waals surface area contributed by atoms with Crippen LogP contribution in [0.4, 0.5) is 10.3 Å². The molecular formula is C25H22FN5O3S. The van der Waals surface area contributed by atoms with Crippen LogP contribution in [-0.4, -0.2) is 44.3 Å². The number of nitrogens with one attached hydrogen (secondary N) is 1. The maximum Gasteiger partial charge on any atom is 0.268 e. The average Bonchev–Trinajstić information content (AvgIpc) is 3.62. The van der Waals surface area contributed by atoms with Gasteiger partial charge in [-0.25, -0.2) is 14.4 Å². The van der Waals surface area contributed by atoms with Crippen LogP contribution < -0.4 is 5.32 Å². The van der Waals surface area contributed by atoms with Crippen molar-refractivity contribution in [2.75, 3.05) is 18.4 Å². The van der Waals surface area contributed by atoms with Gasteiger partial charge in [0.1, 0.15) is 11.3 Å². The number of aromatic nitrogens is 3. The predicted molar refractivity (Wildman–Crippen MR) is 130 cm³/mol. The van der Waals surface area contributed by atoms with E-state index in [-0.39, 0.29) is 29.1 Å². The van der Waals surface area contributed by atoms with Crippen LogP contribution in [0.2, 0.25) is 0 Å². The fraction of sp³-hybridized carbons (Fsp3) is 0.280. The summed E-state index contributed by atoms with van der Waals surface area (Å²) in [6.45, 7) is 4.96. The summed E-state index contributed by atoms with van der Waals surface area (Å²) in [5.41, 5.74) is 0.879. The molecule has 35 heavy (non-hydrogen) atoms. The van der Waals surface area contributed by atoms with Gasteiger partial charge in [-0.15, -0.1) is 11.3 Å². The molecule has 2 aliphatic rings. The summed E-state index contributed by atoms with van der Waals surface area (Å²) in [6, 6.07) is 8.25. The number of anilines is 1. The first-order valence-corrected chi connectivity index (χ1v) is 12.2. The van der Waals surface area contributed by atoms with Crippen LogP contribution in [0.5, 0.6) is 0 Å². The van der Waals surface area contributed by atoms with E-state index in [0.29, 0.717) is 40.7 Å². The smallest absolute Gasteiger partial charge is 0.268 e. The molecule has 1 saturated carbocycles. The van der Waals surface area contributed by atoms with E-state index >= 15 is 0 Å². The molecule has 178 valence electrons. The normalized spacial score (nSPS) is 21.4. The largest absolute Gasteiger partial charge is 0.443 e. The Kier molecular flexibility index (Phi) is 5.06. The number of rotatable bonds is 5. The molecule has 0 radical (unpaired) electrons. The Labute approximate surface area is 204 Å². The highest BCUT2D eigenvalue weighted by Gasteiger charge is 2.50. The number of benzene rings is 1. The molecule has 3 aromatic heterocycles. The quantitative estimate of drug-likeness (QED) is 0.402. The number of carbonyl (C=O) groups is 2. The molecule has 0 bridgehead atoms. The van der Waals surface area contributed by atoms with Crippen molar-refractivity contribution in [3.8, 4) is 10.6 Å². The van der Waals surface area contributed by atoms with E-state index in [1.54, 1.807) is 30.5 Å². The van der Waals surface area contributed by atoms with Gasteiger partial charge in [-0.2, -0.15) is 0 Å². The third-order valence-electron chi connectivity index (χ3n) is 7.02. The number of carbonyl (C=O) groups excluding carboxylic acids is 2. The van der Waals surface area contributed by atoms with Gasteiger partial charge >= 0.3 is 0 Å². The zero-order valence-electron chi connectivity index (χ0n) is 18.7. The molecule has 1 aromatic carbocycles. The number of hydrogen-bond donors (Lipinski definition) is 1. The first-order chi connectivity index (χ1) is 17.0. The highest BCUT2D eigenvalue weighted by atomic mass is 32.1. The van der Waals surface area contributed by atoms with Crippen molar-refractivity contribution in [2.45, 2.75) is 25.3 Å². The molecule has 1 aliphatic carbocycles. The molecule has 1 spiro atoms. The van der Waals surface area contributed by atoms with E-state index in [1.807, 2.05) is 9.47 Å². The van der Waals surface area contributed by atoms with Gasteiger partial charge in [-0.1, -0.05) is 12.6 Å². The van der Waals surface area contributed by atoms with E-state index in [0.717, 1.165) is 24.1 Å². The van der Waals surface area contributed by atoms with E-state index in [2.05, 4.69) is 21.9 Å². The van der Waals surface area contributed by atoms with Crippen molar-refractivity contribution in [3.63, 3.8) is 0 Å². The number of oxazole rings is 1. The van der Waals surface area contributed by atoms with E-state index < -0.39 is 0 Å². The predicted octanol–water partition coefficient (Wildman–Crippen LogP) is 4.88. The summed E-state index contributed by atoms with van der Waals surface area (Å²) < 4.78 is 22.1. The van der Waals surface area contributed by atoms with Crippen molar-refractivity contribution >= 4 is 40.1 Å². The number of halogens is 1. The fourth-order valence-electron chi connectivity index (χ4n) is 5.35. The molecule has 1 saturated heterocycles. The van der Waals surface area contributed by atoms with Crippen molar-refractivity contribution in [1.29, 1.82) is 0 Å². The second kappa shape index (κ2) is 8.16. The zero-order valence-corrected chi connectivity index (χ0v) is 19.6. The average molecular weight is 492 g/mol. The minimum absolute atomic E-state index is 0.00615. The molecule has 2 fully saturated rings. The first kappa shape index (κ1) is 21.7. The molecule has 0 unspecified atom stereocenters. The van der Waals surface area contributed by atoms with Gasteiger partial charge in [0, 0.05) is 19.1 Å². The number of hydrogen-bond acceptors (Lipinski definition) is 6. The van der Waals surface area contributed by atoms with Crippen LogP contribution in [-0.2, 0) is 4.79 Å². The van der Waals surface area contributed by atoms with Crippen LogP contribution in [0.15, 0.2) is 60.0 Å². The molecule has 8 nitrogen and oxygen atoms in total.